The Labute approximate surface area is 178 Å². The van der Waals surface area contributed by atoms with Crippen molar-refractivity contribution in [1.82, 2.24) is 9.97 Å². The molecule has 0 radical (unpaired) electrons. The number of nitrogens with two attached hydrogens (primary N) is 1. The lowest BCUT2D eigenvalue weighted by atomic mass is 10.1. The summed E-state index contributed by atoms with van der Waals surface area (Å²) in [5, 5.41) is 3.28. The molecule has 0 aliphatic heterocycles. The van der Waals surface area contributed by atoms with E-state index in [-0.39, 0.29) is 12.4 Å². The number of carbonyl (C=O) groups excluding carboxylic acids is 1. The summed E-state index contributed by atoms with van der Waals surface area (Å²) in [5.41, 5.74) is 7.04. The first-order chi connectivity index (χ1) is 14.4. The molecule has 30 heavy (non-hydrogen) atoms. The fourth-order valence-electron chi connectivity index (χ4n) is 2.82. The van der Waals surface area contributed by atoms with Crippen molar-refractivity contribution in [2.75, 3.05) is 0 Å². The molecule has 0 saturated carbocycles. The molecule has 152 valence electrons. The lowest BCUT2D eigenvalue weighted by molar-refractivity contribution is 0.0991. The van der Waals surface area contributed by atoms with Gasteiger partial charge in [0, 0.05) is 17.1 Å². The Morgan fingerprint density at radius 1 is 1.17 bits per heavy atom. The summed E-state index contributed by atoms with van der Waals surface area (Å²) in [6, 6.07) is 10.0. The first-order valence-corrected chi connectivity index (χ1v) is 10.5. The third-order valence-corrected chi connectivity index (χ3v) is 6.23. The predicted octanol–water partition coefficient (Wildman–Crippen LogP) is 5.20. The van der Waals surface area contributed by atoms with Crippen LogP contribution in [-0.2, 0) is 6.61 Å². The van der Waals surface area contributed by atoms with Crippen LogP contribution in [0.3, 0.4) is 0 Å². The number of aromatic nitrogens is 2. The van der Waals surface area contributed by atoms with E-state index >= 15 is 0 Å². The summed E-state index contributed by atoms with van der Waals surface area (Å²) in [6.07, 6.45) is 1.72. The zero-order chi connectivity index (χ0) is 21.3. The van der Waals surface area contributed by atoms with Crippen LogP contribution in [0.5, 0.6) is 5.75 Å². The van der Waals surface area contributed by atoms with Gasteiger partial charge in [0.2, 0.25) is 0 Å². The number of ether oxygens (including phenoxy) is 1. The number of rotatable bonds is 6. The lowest BCUT2D eigenvalue weighted by Crippen LogP contribution is -2.16. The molecule has 0 aliphatic carbocycles. The van der Waals surface area contributed by atoms with Crippen LogP contribution in [0, 0.1) is 18.6 Å². The molecule has 0 atom stereocenters. The van der Waals surface area contributed by atoms with E-state index in [4.69, 9.17) is 10.5 Å². The summed E-state index contributed by atoms with van der Waals surface area (Å²) in [6.45, 7) is 1.94. The molecule has 5 nitrogen and oxygen atoms in total. The molecule has 0 spiro atoms. The van der Waals surface area contributed by atoms with Crippen molar-refractivity contribution in [3.63, 3.8) is 0 Å². The first kappa shape index (κ1) is 20.1. The summed E-state index contributed by atoms with van der Waals surface area (Å²) >= 11 is 2.87. The van der Waals surface area contributed by atoms with E-state index in [0.717, 1.165) is 38.8 Å². The number of nitrogens with zero attached hydrogens (tertiary/aromatic N) is 2. The summed E-state index contributed by atoms with van der Waals surface area (Å²) in [4.78, 5) is 21.2. The van der Waals surface area contributed by atoms with Gasteiger partial charge in [-0.1, -0.05) is 29.8 Å². The van der Waals surface area contributed by atoms with Gasteiger partial charge in [-0.2, -0.15) is 0 Å². The highest BCUT2D eigenvalue weighted by Gasteiger charge is 2.21. The highest BCUT2D eigenvalue weighted by atomic mass is 32.1. The van der Waals surface area contributed by atoms with Gasteiger partial charge in [0.15, 0.2) is 11.6 Å². The van der Waals surface area contributed by atoms with E-state index in [1.807, 2.05) is 36.6 Å². The minimum Gasteiger partial charge on any atom is -0.483 e. The molecule has 2 heterocycles. The molecule has 0 fully saturated rings. The molecule has 0 aliphatic rings. The third kappa shape index (κ3) is 3.94. The molecule has 9 heteroatoms. The number of hydrogen-bond donors (Lipinski definition) is 1. The fraction of sp³-hybridized carbons (Fsp3) is 0.0952. The maximum Gasteiger partial charge on any atom is 0.254 e. The van der Waals surface area contributed by atoms with E-state index in [2.05, 4.69) is 9.97 Å². The highest BCUT2D eigenvalue weighted by Crippen LogP contribution is 2.38. The number of hydrogen-bond acceptors (Lipinski definition) is 6. The first-order valence-electron chi connectivity index (χ1n) is 8.81. The molecule has 0 unspecified atom stereocenters. The number of thiazole rings is 2. The normalized spacial score (nSPS) is 10.9. The zero-order valence-electron chi connectivity index (χ0n) is 15.7. The van der Waals surface area contributed by atoms with Crippen LogP contribution < -0.4 is 10.5 Å². The van der Waals surface area contributed by atoms with Crippen molar-refractivity contribution in [2.24, 2.45) is 5.73 Å². The van der Waals surface area contributed by atoms with Crippen molar-refractivity contribution in [2.45, 2.75) is 13.5 Å². The van der Waals surface area contributed by atoms with Crippen LogP contribution in [0.25, 0.3) is 21.1 Å². The van der Waals surface area contributed by atoms with Gasteiger partial charge in [-0.25, -0.2) is 18.7 Å². The topological polar surface area (TPSA) is 78.1 Å². The van der Waals surface area contributed by atoms with Crippen molar-refractivity contribution in [3.8, 4) is 26.9 Å². The third-order valence-electron chi connectivity index (χ3n) is 4.28. The quantitative estimate of drug-likeness (QED) is 0.444. The Morgan fingerprint density at radius 2 is 1.93 bits per heavy atom. The summed E-state index contributed by atoms with van der Waals surface area (Å²) < 4.78 is 33.6. The average Bonchev–Trinajstić information content (AvgIpc) is 3.37. The second kappa shape index (κ2) is 8.29. The van der Waals surface area contributed by atoms with Gasteiger partial charge in [0.1, 0.15) is 28.0 Å². The highest BCUT2D eigenvalue weighted by molar-refractivity contribution is 7.21. The average molecular weight is 444 g/mol. The fourth-order valence-corrected chi connectivity index (χ4v) is 4.56. The molecular formula is C21H15F2N3O2S2. The Morgan fingerprint density at radius 3 is 2.60 bits per heavy atom. The molecule has 2 N–H and O–H groups in total. The Balaban J connectivity index is 1.66. The number of amides is 1. The number of primary amides is 1. The zero-order valence-corrected chi connectivity index (χ0v) is 17.3. The number of benzene rings is 2. The Kier molecular flexibility index (Phi) is 5.56. The van der Waals surface area contributed by atoms with Gasteiger partial charge >= 0.3 is 0 Å². The lowest BCUT2D eigenvalue weighted by Gasteiger charge is -2.08. The Bertz CT molecular complexity index is 1210. The maximum absolute atomic E-state index is 14.4. The van der Waals surface area contributed by atoms with E-state index in [9.17, 15) is 13.6 Å². The maximum atomic E-state index is 14.4. The molecule has 0 bridgehead atoms. The van der Waals surface area contributed by atoms with E-state index < -0.39 is 23.1 Å². The van der Waals surface area contributed by atoms with Crippen molar-refractivity contribution < 1.29 is 18.3 Å². The Hall–Kier alpha value is -3.17. The summed E-state index contributed by atoms with van der Waals surface area (Å²) in [5.74, 6) is -3.63. The smallest absolute Gasteiger partial charge is 0.254 e. The number of aryl methyl sites for hydroxylation is 1. The van der Waals surface area contributed by atoms with Crippen LogP contribution >= 0.6 is 22.7 Å². The standard InChI is InChI=1S/C21H15F2N3O2S2/c1-11-2-4-12(5-3-11)18-19(21-25-8-9-29-21)30-15(26-18)10-28-14-7-6-13(22)16(17(14)23)20(24)27/h2-9H,10H2,1H3,(H2,24,27). The van der Waals surface area contributed by atoms with Crippen molar-refractivity contribution in [3.05, 3.63) is 75.7 Å². The molecular weight excluding hydrogens is 428 g/mol. The molecule has 4 aromatic rings. The minimum absolute atomic E-state index is 0.0599. The number of halogens is 2. The molecule has 4 rings (SSSR count). The van der Waals surface area contributed by atoms with Gasteiger partial charge in [0.25, 0.3) is 5.91 Å². The van der Waals surface area contributed by atoms with Crippen LogP contribution in [0.1, 0.15) is 20.9 Å². The molecule has 0 saturated heterocycles. The van der Waals surface area contributed by atoms with Crippen LogP contribution in [0.4, 0.5) is 8.78 Å². The largest absolute Gasteiger partial charge is 0.483 e. The molecule has 2 aromatic carbocycles. The van der Waals surface area contributed by atoms with Crippen molar-refractivity contribution >= 4 is 28.6 Å². The van der Waals surface area contributed by atoms with E-state index in [0.29, 0.717) is 5.01 Å². The van der Waals surface area contributed by atoms with Crippen LogP contribution in [-0.4, -0.2) is 15.9 Å². The minimum atomic E-state index is -1.20. The second-order valence-electron chi connectivity index (χ2n) is 6.38. The second-order valence-corrected chi connectivity index (χ2v) is 8.35. The van der Waals surface area contributed by atoms with E-state index in [1.165, 1.54) is 22.7 Å². The monoisotopic (exact) mass is 443 g/mol. The van der Waals surface area contributed by atoms with Gasteiger partial charge in [0.05, 0.1) is 10.6 Å². The van der Waals surface area contributed by atoms with Crippen LogP contribution in [0.2, 0.25) is 0 Å². The molecule has 1 amide bonds. The number of carbonyl (C=O) groups is 1. The van der Waals surface area contributed by atoms with Crippen LogP contribution in [0.15, 0.2) is 48.0 Å². The predicted molar refractivity (Wildman–Crippen MR) is 113 cm³/mol. The van der Waals surface area contributed by atoms with Crippen molar-refractivity contribution in [1.29, 1.82) is 0 Å². The molecule has 2 aromatic heterocycles. The van der Waals surface area contributed by atoms with Gasteiger partial charge < -0.3 is 10.5 Å². The van der Waals surface area contributed by atoms with Gasteiger partial charge in [-0.15, -0.1) is 22.7 Å². The van der Waals surface area contributed by atoms with E-state index in [1.54, 1.807) is 6.20 Å². The van der Waals surface area contributed by atoms with Gasteiger partial charge in [-0.3, -0.25) is 4.79 Å². The SMILES string of the molecule is Cc1ccc(-c2nc(COc3ccc(F)c(C(N)=O)c3F)sc2-c2nccs2)cc1. The van der Waals surface area contributed by atoms with Gasteiger partial charge in [-0.05, 0) is 19.1 Å². The summed E-state index contributed by atoms with van der Waals surface area (Å²) in [7, 11) is 0.